The molecule has 0 saturated carbocycles. The fourth-order valence-electron chi connectivity index (χ4n) is 4.29. The van der Waals surface area contributed by atoms with Crippen LogP contribution in [-0.2, 0) is 14.3 Å². The normalized spacial score (nSPS) is 16.7. The molecule has 1 fully saturated rings. The van der Waals surface area contributed by atoms with E-state index in [4.69, 9.17) is 25.8 Å². The third-order valence-electron chi connectivity index (χ3n) is 5.95. The van der Waals surface area contributed by atoms with Crippen LogP contribution in [-0.4, -0.2) is 48.6 Å². The maximum absolute atomic E-state index is 13.2. The molecule has 0 spiro atoms. The average Bonchev–Trinajstić information content (AvgIpc) is 3.15. The van der Waals surface area contributed by atoms with Gasteiger partial charge in [0, 0.05) is 25.8 Å². The van der Waals surface area contributed by atoms with Crippen LogP contribution in [0.2, 0.25) is 5.02 Å². The molecule has 1 aliphatic rings. The van der Waals surface area contributed by atoms with E-state index in [-0.39, 0.29) is 22.9 Å². The summed E-state index contributed by atoms with van der Waals surface area (Å²) in [4.78, 5) is 27.8. The number of benzene rings is 3. The summed E-state index contributed by atoms with van der Waals surface area (Å²) in [7, 11) is 1.58. The van der Waals surface area contributed by atoms with Gasteiger partial charge >= 0.3 is 0 Å². The third-order valence-corrected chi connectivity index (χ3v) is 6.24. The van der Waals surface area contributed by atoms with E-state index in [2.05, 4.69) is 0 Å². The molecule has 1 atom stereocenters. The van der Waals surface area contributed by atoms with Gasteiger partial charge in [-0.25, -0.2) is 0 Å². The maximum Gasteiger partial charge on any atom is 0.295 e. The van der Waals surface area contributed by atoms with Gasteiger partial charge in [0.05, 0.1) is 23.2 Å². The lowest BCUT2D eigenvalue weighted by Crippen LogP contribution is -2.31. The first-order chi connectivity index (χ1) is 17.9. The quantitative estimate of drug-likeness (QED) is 0.153. The van der Waals surface area contributed by atoms with Crippen molar-refractivity contribution in [1.29, 1.82) is 0 Å². The van der Waals surface area contributed by atoms with E-state index < -0.39 is 17.7 Å². The molecule has 0 aromatic heterocycles. The molecule has 3 aromatic rings. The number of aliphatic hydroxyl groups excluding tert-OH is 1. The molecule has 1 aliphatic heterocycles. The zero-order valence-corrected chi connectivity index (χ0v) is 21.4. The van der Waals surface area contributed by atoms with Crippen LogP contribution in [0.4, 0.5) is 0 Å². The van der Waals surface area contributed by atoms with Crippen LogP contribution >= 0.6 is 11.6 Å². The Kier molecular flexibility index (Phi) is 8.48. The van der Waals surface area contributed by atoms with Gasteiger partial charge in [-0.2, -0.15) is 0 Å². The van der Waals surface area contributed by atoms with Crippen molar-refractivity contribution in [3.8, 4) is 17.2 Å². The first-order valence-electron chi connectivity index (χ1n) is 12.0. The number of nitrogens with zero attached hydrogens (tertiary/aromatic N) is 1. The van der Waals surface area contributed by atoms with Crippen molar-refractivity contribution in [2.75, 3.05) is 26.9 Å². The molecule has 0 bridgehead atoms. The molecule has 7 nitrogen and oxygen atoms in total. The number of methoxy groups -OCH3 is 1. The molecule has 1 amide bonds. The second kappa shape index (κ2) is 12.0. The Hall–Kier alpha value is -3.81. The van der Waals surface area contributed by atoms with Crippen LogP contribution in [0.15, 0.2) is 78.4 Å². The highest BCUT2D eigenvalue weighted by molar-refractivity contribution is 6.46. The summed E-state index contributed by atoms with van der Waals surface area (Å²) in [6.07, 6.45) is 0.523. The summed E-state index contributed by atoms with van der Waals surface area (Å²) in [5, 5.41) is 11.6. The van der Waals surface area contributed by atoms with Gasteiger partial charge in [-0.3, -0.25) is 9.59 Å². The third kappa shape index (κ3) is 5.79. The highest BCUT2D eigenvalue weighted by atomic mass is 35.5. The molecule has 37 heavy (non-hydrogen) atoms. The lowest BCUT2D eigenvalue weighted by atomic mass is 9.95. The molecule has 0 aliphatic carbocycles. The van der Waals surface area contributed by atoms with E-state index in [0.29, 0.717) is 48.0 Å². The molecule has 192 valence electrons. The van der Waals surface area contributed by atoms with Gasteiger partial charge in [-0.1, -0.05) is 41.9 Å². The molecular formula is C29H28ClNO6. The first-order valence-corrected chi connectivity index (χ1v) is 12.3. The number of Topliss-reactive ketones (excluding diaryl/α,β-unsaturated/α-hetero) is 1. The minimum absolute atomic E-state index is 0.0143. The molecule has 4 rings (SSSR count). The minimum Gasteiger partial charge on any atom is -0.507 e. The average molecular weight is 522 g/mol. The van der Waals surface area contributed by atoms with Crippen LogP contribution in [0.3, 0.4) is 0 Å². The number of carbonyl (C=O) groups excluding carboxylic acids is 2. The highest BCUT2D eigenvalue weighted by Crippen LogP contribution is 2.41. The molecule has 3 aromatic carbocycles. The van der Waals surface area contributed by atoms with E-state index in [1.54, 1.807) is 43.5 Å². The van der Waals surface area contributed by atoms with E-state index in [9.17, 15) is 14.7 Å². The molecule has 1 N–H and O–H groups in total. The summed E-state index contributed by atoms with van der Waals surface area (Å²) < 4.78 is 16.6. The number of ether oxygens (including phenoxy) is 3. The number of para-hydroxylation sites is 1. The van der Waals surface area contributed by atoms with E-state index >= 15 is 0 Å². The molecule has 0 unspecified atom stereocenters. The number of carbonyl (C=O) groups is 2. The van der Waals surface area contributed by atoms with Gasteiger partial charge in [-0.05, 0) is 61.4 Å². The standard InChI is InChI=1S/C29H28ClNO6/c1-3-36-24-14-13-20(18-23(24)30)27(32)25-26(31(15-8-16-35-2)29(34)28(25)33)19-9-7-12-22(17-19)37-21-10-5-4-6-11-21/h4-7,9-14,17-18,26,32H,3,8,15-16H2,1-2H3/t26-/m0/s1. The second-order valence-corrected chi connectivity index (χ2v) is 8.81. The molecular weight excluding hydrogens is 494 g/mol. The Balaban J connectivity index is 1.78. The minimum atomic E-state index is -0.818. The number of hydrogen-bond acceptors (Lipinski definition) is 6. The summed E-state index contributed by atoms with van der Waals surface area (Å²) in [6, 6.07) is 20.4. The van der Waals surface area contributed by atoms with Gasteiger partial charge in [0.2, 0.25) is 0 Å². The number of ketones is 1. The predicted molar refractivity (Wildman–Crippen MR) is 141 cm³/mol. The molecule has 1 saturated heterocycles. The monoisotopic (exact) mass is 521 g/mol. The van der Waals surface area contributed by atoms with Crippen LogP contribution < -0.4 is 9.47 Å². The van der Waals surface area contributed by atoms with Crippen molar-refractivity contribution in [1.82, 2.24) is 4.90 Å². The lowest BCUT2D eigenvalue weighted by Gasteiger charge is -2.25. The number of aliphatic hydroxyl groups is 1. The Morgan fingerprint density at radius 2 is 1.76 bits per heavy atom. The second-order valence-electron chi connectivity index (χ2n) is 8.40. The summed E-state index contributed by atoms with van der Waals surface area (Å²) in [5.74, 6) is -0.110. The van der Waals surface area contributed by atoms with Crippen molar-refractivity contribution in [2.45, 2.75) is 19.4 Å². The topological polar surface area (TPSA) is 85.3 Å². The van der Waals surface area contributed by atoms with Crippen LogP contribution in [0.25, 0.3) is 5.76 Å². The first kappa shape index (κ1) is 26.3. The summed E-state index contributed by atoms with van der Waals surface area (Å²) in [6.45, 7) is 2.96. The Morgan fingerprint density at radius 3 is 2.46 bits per heavy atom. The summed E-state index contributed by atoms with van der Waals surface area (Å²) in [5.41, 5.74) is 0.924. The van der Waals surface area contributed by atoms with Crippen LogP contribution in [0.5, 0.6) is 17.2 Å². The van der Waals surface area contributed by atoms with Gasteiger partial charge in [0.25, 0.3) is 11.7 Å². The molecule has 0 radical (unpaired) electrons. The zero-order valence-electron chi connectivity index (χ0n) is 20.6. The van der Waals surface area contributed by atoms with Gasteiger partial charge in [0.15, 0.2) is 0 Å². The fraction of sp³-hybridized carbons (Fsp3) is 0.241. The lowest BCUT2D eigenvalue weighted by molar-refractivity contribution is -0.140. The van der Waals surface area contributed by atoms with E-state index in [1.165, 1.54) is 11.0 Å². The van der Waals surface area contributed by atoms with E-state index in [0.717, 1.165) is 0 Å². The Bertz CT molecular complexity index is 1310. The van der Waals surface area contributed by atoms with Gasteiger partial charge in [-0.15, -0.1) is 0 Å². The molecule has 8 heteroatoms. The van der Waals surface area contributed by atoms with Crippen molar-refractivity contribution >= 4 is 29.1 Å². The Labute approximate surface area is 220 Å². The van der Waals surface area contributed by atoms with Crippen LogP contribution in [0.1, 0.15) is 30.5 Å². The predicted octanol–water partition coefficient (Wildman–Crippen LogP) is 5.99. The molecule has 1 heterocycles. The smallest absolute Gasteiger partial charge is 0.295 e. The van der Waals surface area contributed by atoms with Gasteiger partial charge < -0.3 is 24.2 Å². The zero-order chi connectivity index (χ0) is 26.4. The number of rotatable bonds is 10. The van der Waals surface area contributed by atoms with E-state index in [1.807, 2.05) is 37.3 Å². The fourth-order valence-corrected chi connectivity index (χ4v) is 4.52. The number of likely N-dealkylation sites (tertiary alicyclic amines) is 1. The summed E-state index contributed by atoms with van der Waals surface area (Å²) >= 11 is 6.34. The SMILES string of the molecule is CCOc1ccc(C(O)=C2C(=O)C(=O)N(CCCOC)[C@H]2c2cccc(Oc3ccccc3)c2)cc1Cl. The van der Waals surface area contributed by atoms with Crippen molar-refractivity contribution < 1.29 is 28.9 Å². The van der Waals surface area contributed by atoms with Crippen molar-refractivity contribution in [2.24, 2.45) is 0 Å². The van der Waals surface area contributed by atoms with Crippen LogP contribution in [0, 0.1) is 0 Å². The van der Waals surface area contributed by atoms with Crippen molar-refractivity contribution in [3.63, 3.8) is 0 Å². The number of halogens is 1. The highest BCUT2D eigenvalue weighted by Gasteiger charge is 2.46. The largest absolute Gasteiger partial charge is 0.507 e. The number of hydrogen-bond donors (Lipinski definition) is 1. The Morgan fingerprint density at radius 1 is 1.00 bits per heavy atom. The maximum atomic E-state index is 13.2. The van der Waals surface area contributed by atoms with Crippen molar-refractivity contribution in [3.05, 3.63) is 94.5 Å². The number of amides is 1. The van der Waals surface area contributed by atoms with Gasteiger partial charge in [0.1, 0.15) is 23.0 Å².